The van der Waals surface area contributed by atoms with Gasteiger partial charge >= 0.3 is 12.0 Å². The minimum absolute atomic E-state index is 0.343. The van der Waals surface area contributed by atoms with Crippen LogP contribution in [-0.2, 0) is 9.53 Å². The fourth-order valence-corrected chi connectivity index (χ4v) is 1.74. The molecule has 0 bridgehead atoms. The van der Waals surface area contributed by atoms with Crippen LogP contribution in [-0.4, -0.2) is 42.9 Å². The second-order valence-electron chi connectivity index (χ2n) is 4.26. The molecule has 0 saturated carbocycles. The van der Waals surface area contributed by atoms with Crippen LogP contribution in [0.4, 0.5) is 4.79 Å². The number of urea groups is 1. The molecule has 2 unspecified atom stereocenters. The first-order chi connectivity index (χ1) is 8.13. The summed E-state index contributed by atoms with van der Waals surface area (Å²) in [5, 5.41) is 14.0. The van der Waals surface area contributed by atoms with Gasteiger partial charge in [-0.1, -0.05) is 13.3 Å². The van der Waals surface area contributed by atoms with Crippen LogP contribution < -0.4 is 10.6 Å². The van der Waals surface area contributed by atoms with E-state index in [1.807, 2.05) is 6.92 Å². The fourth-order valence-electron chi connectivity index (χ4n) is 1.74. The summed E-state index contributed by atoms with van der Waals surface area (Å²) in [5.41, 5.74) is 0. The Kier molecular flexibility index (Phi) is 5.76. The zero-order chi connectivity index (χ0) is 12.7. The lowest BCUT2D eigenvalue weighted by atomic mass is 10.1. The maximum Gasteiger partial charge on any atom is 0.326 e. The van der Waals surface area contributed by atoms with E-state index in [1.165, 1.54) is 0 Å². The molecule has 98 valence electrons. The number of amides is 2. The van der Waals surface area contributed by atoms with Crippen LogP contribution in [0.5, 0.6) is 0 Å². The molecule has 6 nitrogen and oxygen atoms in total. The highest BCUT2D eigenvalue weighted by atomic mass is 16.5. The van der Waals surface area contributed by atoms with Crippen LogP contribution in [0, 0.1) is 5.92 Å². The van der Waals surface area contributed by atoms with Crippen molar-refractivity contribution in [1.29, 1.82) is 0 Å². The van der Waals surface area contributed by atoms with Gasteiger partial charge < -0.3 is 20.5 Å². The molecule has 0 radical (unpaired) electrons. The first-order valence-corrected chi connectivity index (χ1v) is 5.98. The number of aliphatic carboxylic acids is 1. The Labute approximate surface area is 101 Å². The highest BCUT2D eigenvalue weighted by Crippen LogP contribution is 2.10. The maximum atomic E-state index is 11.5. The molecule has 6 heteroatoms. The van der Waals surface area contributed by atoms with E-state index in [2.05, 4.69) is 10.6 Å². The molecule has 1 rings (SSSR count). The van der Waals surface area contributed by atoms with E-state index in [-0.39, 0.29) is 0 Å². The van der Waals surface area contributed by atoms with Gasteiger partial charge in [-0.2, -0.15) is 0 Å². The average Bonchev–Trinajstić information content (AvgIpc) is 2.78. The van der Waals surface area contributed by atoms with Crippen LogP contribution in [0.15, 0.2) is 0 Å². The van der Waals surface area contributed by atoms with Gasteiger partial charge in [0.15, 0.2) is 0 Å². The van der Waals surface area contributed by atoms with Gasteiger partial charge in [-0.05, 0) is 12.8 Å². The molecular formula is C11H20N2O4. The first-order valence-electron chi connectivity index (χ1n) is 5.98. The van der Waals surface area contributed by atoms with Crippen LogP contribution in [0.3, 0.4) is 0 Å². The summed E-state index contributed by atoms with van der Waals surface area (Å²) in [6.45, 7) is 3.81. The standard InChI is InChI=1S/C11H20N2O4/c1-2-3-9(10(14)15)13-11(16)12-6-8-4-5-17-7-8/h8-9H,2-7H2,1H3,(H,14,15)(H2,12,13,16). The van der Waals surface area contributed by atoms with Crippen molar-refractivity contribution in [2.45, 2.75) is 32.2 Å². The van der Waals surface area contributed by atoms with Crippen molar-refractivity contribution in [2.75, 3.05) is 19.8 Å². The van der Waals surface area contributed by atoms with Crippen molar-refractivity contribution in [2.24, 2.45) is 5.92 Å². The molecule has 2 atom stereocenters. The number of carbonyl (C=O) groups excluding carboxylic acids is 1. The number of nitrogens with one attached hydrogen (secondary N) is 2. The number of hydrogen-bond donors (Lipinski definition) is 3. The molecule has 0 spiro atoms. The molecule has 0 aliphatic carbocycles. The number of hydrogen-bond acceptors (Lipinski definition) is 3. The van der Waals surface area contributed by atoms with Crippen molar-refractivity contribution in [3.05, 3.63) is 0 Å². The second kappa shape index (κ2) is 7.11. The second-order valence-corrected chi connectivity index (χ2v) is 4.26. The molecule has 1 fully saturated rings. The summed E-state index contributed by atoms with van der Waals surface area (Å²) in [7, 11) is 0. The van der Waals surface area contributed by atoms with Crippen LogP contribution >= 0.6 is 0 Å². The van der Waals surface area contributed by atoms with Gasteiger partial charge in [0.05, 0.1) is 6.61 Å². The minimum Gasteiger partial charge on any atom is -0.480 e. The zero-order valence-corrected chi connectivity index (χ0v) is 10.1. The van der Waals surface area contributed by atoms with Gasteiger partial charge in [0.1, 0.15) is 6.04 Å². The van der Waals surface area contributed by atoms with E-state index in [0.29, 0.717) is 31.9 Å². The van der Waals surface area contributed by atoms with E-state index in [4.69, 9.17) is 9.84 Å². The molecule has 1 aliphatic heterocycles. The van der Waals surface area contributed by atoms with Crippen molar-refractivity contribution in [3.8, 4) is 0 Å². The largest absolute Gasteiger partial charge is 0.480 e. The Bertz CT molecular complexity index is 264. The number of carboxylic acid groups (broad SMARTS) is 1. The molecule has 0 aromatic heterocycles. The van der Waals surface area contributed by atoms with E-state index in [0.717, 1.165) is 13.0 Å². The normalized spacial score (nSPS) is 20.9. The SMILES string of the molecule is CCCC(NC(=O)NCC1CCOC1)C(=O)O. The number of ether oxygens (including phenoxy) is 1. The minimum atomic E-state index is -0.994. The highest BCUT2D eigenvalue weighted by Gasteiger charge is 2.20. The Morgan fingerprint density at radius 2 is 2.29 bits per heavy atom. The third kappa shape index (κ3) is 5.04. The third-order valence-corrected chi connectivity index (χ3v) is 2.76. The lowest BCUT2D eigenvalue weighted by Gasteiger charge is -2.15. The Balaban J connectivity index is 2.23. The number of carboxylic acids is 1. The Morgan fingerprint density at radius 1 is 1.53 bits per heavy atom. The summed E-state index contributed by atoms with van der Waals surface area (Å²) >= 11 is 0. The van der Waals surface area contributed by atoms with Gasteiger partial charge in [0.2, 0.25) is 0 Å². The predicted octanol–water partition coefficient (Wildman–Crippen LogP) is 0.575. The van der Waals surface area contributed by atoms with Crippen LogP contribution in [0.1, 0.15) is 26.2 Å². The molecule has 1 saturated heterocycles. The Hall–Kier alpha value is -1.30. The van der Waals surface area contributed by atoms with Gasteiger partial charge in [-0.15, -0.1) is 0 Å². The lowest BCUT2D eigenvalue weighted by Crippen LogP contribution is -2.47. The molecule has 17 heavy (non-hydrogen) atoms. The van der Waals surface area contributed by atoms with E-state index >= 15 is 0 Å². The topological polar surface area (TPSA) is 87.7 Å². The fraction of sp³-hybridized carbons (Fsp3) is 0.818. The van der Waals surface area contributed by atoms with Crippen LogP contribution in [0.25, 0.3) is 0 Å². The number of carbonyl (C=O) groups is 2. The number of rotatable bonds is 6. The molecule has 0 aromatic rings. The lowest BCUT2D eigenvalue weighted by molar-refractivity contribution is -0.139. The summed E-state index contributed by atoms with van der Waals surface area (Å²) in [6, 6.07) is -1.22. The van der Waals surface area contributed by atoms with E-state index in [1.54, 1.807) is 0 Å². The zero-order valence-electron chi connectivity index (χ0n) is 10.1. The van der Waals surface area contributed by atoms with E-state index < -0.39 is 18.0 Å². The molecular weight excluding hydrogens is 224 g/mol. The summed E-state index contributed by atoms with van der Waals surface area (Å²) < 4.78 is 5.18. The van der Waals surface area contributed by atoms with Gasteiger partial charge in [0, 0.05) is 19.1 Å². The molecule has 0 aromatic carbocycles. The Morgan fingerprint density at radius 3 is 2.82 bits per heavy atom. The molecule has 1 aliphatic rings. The predicted molar refractivity (Wildman–Crippen MR) is 61.8 cm³/mol. The van der Waals surface area contributed by atoms with Gasteiger partial charge in [-0.3, -0.25) is 0 Å². The van der Waals surface area contributed by atoms with E-state index in [9.17, 15) is 9.59 Å². The highest BCUT2D eigenvalue weighted by molar-refractivity contribution is 5.82. The van der Waals surface area contributed by atoms with Crippen molar-refractivity contribution < 1.29 is 19.4 Å². The summed E-state index contributed by atoms with van der Waals surface area (Å²) in [4.78, 5) is 22.3. The quantitative estimate of drug-likeness (QED) is 0.637. The van der Waals surface area contributed by atoms with Gasteiger partial charge in [-0.25, -0.2) is 9.59 Å². The molecule has 3 N–H and O–H groups in total. The van der Waals surface area contributed by atoms with Crippen molar-refractivity contribution in [3.63, 3.8) is 0 Å². The van der Waals surface area contributed by atoms with Gasteiger partial charge in [0.25, 0.3) is 0 Å². The summed E-state index contributed by atoms with van der Waals surface area (Å²) in [5.74, 6) is -0.651. The van der Waals surface area contributed by atoms with Crippen molar-refractivity contribution >= 4 is 12.0 Å². The smallest absolute Gasteiger partial charge is 0.326 e. The van der Waals surface area contributed by atoms with Crippen LogP contribution in [0.2, 0.25) is 0 Å². The third-order valence-electron chi connectivity index (χ3n) is 2.76. The molecule has 1 heterocycles. The monoisotopic (exact) mass is 244 g/mol. The average molecular weight is 244 g/mol. The first kappa shape index (κ1) is 13.8. The summed E-state index contributed by atoms with van der Waals surface area (Å²) in [6.07, 6.45) is 2.10. The molecule has 2 amide bonds. The maximum absolute atomic E-state index is 11.5. The van der Waals surface area contributed by atoms with Crippen molar-refractivity contribution in [1.82, 2.24) is 10.6 Å².